The van der Waals surface area contributed by atoms with Crippen molar-refractivity contribution in [3.63, 3.8) is 0 Å². The lowest BCUT2D eigenvalue weighted by Gasteiger charge is -2.08. The number of hydrogen-bond acceptors (Lipinski definition) is 3. The van der Waals surface area contributed by atoms with Crippen molar-refractivity contribution >= 4 is 5.91 Å². The maximum Gasteiger partial charge on any atom is 0.220 e. The van der Waals surface area contributed by atoms with Crippen molar-refractivity contribution in [1.82, 2.24) is 5.32 Å². The van der Waals surface area contributed by atoms with Gasteiger partial charge in [0, 0.05) is 19.0 Å². The third-order valence-corrected chi connectivity index (χ3v) is 4.51. The minimum atomic E-state index is -0.334. The molecule has 0 aromatic heterocycles. The number of benzene rings is 3. The van der Waals surface area contributed by atoms with Crippen molar-refractivity contribution in [2.45, 2.75) is 32.6 Å². The average Bonchev–Trinajstić information content (AvgIpc) is 2.77. The van der Waals surface area contributed by atoms with Crippen molar-refractivity contribution in [1.29, 1.82) is 0 Å². The van der Waals surface area contributed by atoms with Gasteiger partial charge in [0.25, 0.3) is 0 Å². The van der Waals surface area contributed by atoms with Gasteiger partial charge in [0.15, 0.2) is 0 Å². The number of nitrogens with one attached hydrogen (secondary N) is 1. The molecule has 0 radical (unpaired) electrons. The number of carbonyl (C=O) groups excluding carboxylic acids is 1. The molecule has 3 aromatic rings. The maximum atomic E-state index is 13.1. The highest BCUT2D eigenvalue weighted by Gasteiger charge is 2.03. The van der Waals surface area contributed by atoms with E-state index in [1.807, 2.05) is 54.6 Å². The highest BCUT2D eigenvalue weighted by molar-refractivity contribution is 5.75. The van der Waals surface area contributed by atoms with Crippen molar-refractivity contribution < 1.29 is 18.7 Å². The molecule has 0 aliphatic carbocycles. The second-order valence-corrected chi connectivity index (χ2v) is 6.98. The van der Waals surface area contributed by atoms with Crippen LogP contribution < -0.4 is 10.1 Å². The fraction of sp³-hybridized carbons (Fsp3) is 0.240. The zero-order valence-electron chi connectivity index (χ0n) is 16.9. The van der Waals surface area contributed by atoms with Crippen molar-refractivity contribution in [2.75, 3.05) is 6.61 Å². The fourth-order valence-electron chi connectivity index (χ4n) is 2.88. The van der Waals surface area contributed by atoms with Crippen LogP contribution in [0.2, 0.25) is 0 Å². The fourth-order valence-corrected chi connectivity index (χ4v) is 2.88. The Kier molecular flexibility index (Phi) is 8.42. The zero-order valence-corrected chi connectivity index (χ0v) is 16.9. The third kappa shape index (κ3) is 7.68. The Morgan fingerprint density at radius 2 is 1.53 bits per heavy atom. The summed E-state index contributed by atoms with van der Waals surface area (Å²) in [5.74, 6) is 0.107. The number of carbonyl (C=O) groups is 1. The number of ether oxygens (including phenoxy) is 2. The van der Waals surface area contributed by atoms with Crippen LogP contribution in [0.1, 0.15) is 29.5 Å². The zero-order chi connectivity index (χ0) is 21.0. The second kappa shape index (κ2) is 11.7. The van der Waals surface area contributed by atoms with Gasteiger partial charge in [-0.2, -0.15) is 0 Å². The minimum absolute atomic E-state index is 0.0342. The van der Waals surface area contributed by atoms with Gasteiger partial charge in [-0.25, -0.2) is 4.39 Å². The monoisotopic (exact) mass is 407 g/mol. The van der Waals surface area contributed by atoms with E-state index in [1.165, 1.54) is 12.1 Å². The molecule has 4 nitrogen and oxygen atoms in total. The first-order chi connectivity index (χ1) is 14.7. The van der Waals surface area contributed by atoms with Gasteiger partial charge in [-0.3, -0.25) is 4.79 Å². The topological polar surface area (TPSA) is 47.6 Å². The molecule has 0 bridgehead atoms. The van der Waals surface area contributed by atoms with Gasteiger partial charge in [-0.05, 0) is 35.2 Å². The Bertz CT molecular complexity index is 913. The summed E-state index contributed by atoms with van der Waals surface area (Å²) in [5, 5.41) is 2.91. The Morgan fingerprint density at radius 3 is 2.27 bits per heavy atom. The molecule has 3 aromatic carbocycles. The molecule has 0 unspecified atom stereocenters. The van der Waals surface area contributed by atoms with Gasteiger partial charge < -0.3 is 14.8 Å². The largest absolute Gasteiger partial charge is 0.493 e. The van der Waals surface area contributed by atoms with Gasteiger partial charge in [-0.1, -0.05) is 60.7 Å². The summed E-state index contributed by atoms with van der Waals surface area (Å²) in [6, 6.07) is 24.1. The molecular formula is C25H26FNO3. The lowest BCUT2D eigenvalue weighted by atomic mass is 10.1. The predicted octanol–water partition coefficient (Wildman–Crippen LogP) is 5.02. The highest BCUT2D eigenvalue weighted by Crippen LogP contribution is 2.12. The summed E-state index contributed by atoms with van der Waals surface area (Å²) in [4.78, 5) is 12.0. The lowest BCUT2D eigenvalue weighted by molar-refractivity contribution is -0.121. The van der Waals surface area contributed by atoms with E-state index in [0.29, 0.717) is 45.0 Å². The van der Waals surface area contributed by atoms with Gasteiger partial charge in [0.2, 0.25) is 5.91 Å². The van der Waals surface area contributed by atoms with Crippen molar-refractivity contribution in [2.24, 2.45) is 0 Å². The van der Waals surface area contributed by atoms with Gasteiger partial charge in [0.1, 0.15) is 11.6 Å². The molecule has 0 aliphatic heterocycles. The van der Waals surface area contributed by atoms with Crippen molar-refractivity contribution in [3.8, 4) is 5.75 Å². The van der Waals surface area contributed by atoms with Crippen LogP contribution in [0.3, 0.4) is 0 Å². The Labute approximate surface area is 176 Å². The van der Waals surface area contributed by atoms with Crippen LogP contribution in [0.5, 0.6) is 5.75 Å². The van der Waals surface area contributed by atoms with Crippen LogP contribution in [-0.4, -0.2) is 12.5 Å². The standard InChI is InChI=1S/C25H26FNO3/c26-23-8-4-9-24(16-23)30-15-5-10-25(28)27-17-20-11-13-22(14-12-20)19-29-18-21-6-2-1-3-7-21/h1-4,6-9,11-14,16H,5,10,15,17-19H2,(H,27,28). The molecule has 0 saturated carbocycles. The first-order valence-electron chi connectivity index (χ1n) is 10.0. The number of rotatable bonds is 11. The molecular weight excluding hydrogens is 381 g/mol. The van der Waals surface area contributed by atoms with E-state index in [4.69, 9.17) is 9.47 Å². The SMILES string of the molecule is O=C(CCCOc1cccc(F)c1)NCc1ccc(COCc2ccccc2)cc1. The van der Waals surface area contributed by atoms with Crippen LogP contribution in [0.4, 0.5) is 4.39 Å². The predicted molar refractivity (Wildman–Crippen MR) is 114 cm³/mol. The molecule has 0 saturated heterocycles. The Hall–Kier alpha value is -3.18. The molecule has 30 heavy (non-hydrogen) atoms. The van der Waals surface area contributed by atoms with E-state index in [2.05, 4.69) is 5.32 Å². The molecule has 0 spiro atoms. The smallest absolute Gasteiger partial charge is 0.220 e. The maximum absolute atomic E-state index is 13.1. The van der Waals surface area contributed by atoms with Crippen LogP contribution >= 0.6 is 0 Å². The molecule has 0 heterocycles. The summed E-state index contributed by atoms with van der Waals surface area (Å²) >= 11 is 0. The summed E-state index contributed by atoms with van der Waals surface area (Å²) < 4.78 is 24.2. The lowest BCUT2D eigenvalue weighted by Crippen LogP contribution is -2.23. The molecule has 5 heteroatoms. The summed E-state index contributed by atoms with van der Waals surface area (Å²) in [6.45, 7) is 1.98. The summed E-state index contributed by atoms with van der Waals surface area (Å²) in [7, 11) is 0. The quantitative estimate of drug-likeness (QED) is 0.454. The number of halogens is 1. The van der Waals surface area contributed by atoms with Gasteiger partial charge >= 0.3 is 0 Å². The first kappa shape index (κ1) is 21.5. The van der Waals surface area contributed by atoms with Crippen molar-refractivity contribution in [3.05, 3.63) is 101 Å². The van der Waals surface area contributed by atoms with Crippen LogP contribution in [0.25, 0.3) is 0 Å². The molecule has 0 atom stereocenters. The van der Waals surface area contributed by atoms with Crippen LogP contribution in [0.15, 0.2) is 78.9 Å². The normalized spacial score (nSPS) is 10.6. The van der Waals surface area contributed by atoms with E-state index in [9.17, 15) is 9.18 Å². The van der Waals surface area contributed by atoms with E-state index in [-0.39, 0.29) is 11.7 Å². The average molecular weight is 407 g/mol. The molecule has 156 valence electrons. The van der Waals surface area contributed by atoms with E-state index in [0.717, 1.165) is 16.7 Å². The van der Waals surface area contributed by atoms with Gasteiger partial charge in [0.05, 0.1) is 19.8 Å². The van der Waals surface area contributed by atoms with Crippen LogP contribution in [0, 0.1) is 5.82 Å². The Balaban J connectivity index is 1.29. The van der Waals surface area contributed by atoms with E-state index >= 15 is 0 Å². The second-order valence-electron chi connectivity index (χ2n) is 6.98. The summed E-state index contributed by atoms with van der Waals surface area (Å²) in [6.07, 6.45) is 0.931. The molecule has 0 fully saturated rings. The molecule has 0 aliphatic rings. The third-order valence-electron chi connectivity index (χ3n) is 4.51. The van der Waals surface area contributed by atoms with Gasteiger partial charge in [-0.15, -0.1) is 0 Å². The minimum Gasteiger partial charge on any atom is -0.493 e. The molecule has 1 amide bonds. The van der Waals surface area contributed by atoms with E-state index < -0.39 is 0 Å². The molecule has 1 N–H and O–H groups in total. The Morgan fingerprint density at radius 1 is 0.833 bits per heavy atom. The van der Waals surface area contributed by atoms with E-state index in [1.54, 1.807) is 12.1 Å². The van der Waals surface area contributed by atoms with Crippen LogP contribution in [-0.2, 0) is 29.3 Å². The number of hydrogen-bond donors (Lipinski definition) is 1. The first-order valence-corrected chi connectivity index (χ1v) is 10.0. The molecule has 3 rings (SSSR count). The summed E-state index contributed by atoms with van der Waals surface area (Å²) in [5.41, 5.74) is 3.28. The number of amides is 1. The highest BCUT2D eigenvalue weighted by atomic mass is 19.1.